The molecular formula is C28H21ClF3N5O4S. The van der Waals surface area contributed by atoms with Crippen molar-refractivity contribution in [1.29, 1.82) is 0 Å². The van der Waals surface area contributed by atoms with Gasteiger partial charge in [0.05, 0.1) is 16.1 Å². The third-order valence-corrected chi connectivity index (χ3v) is 7.86. The van der Waals surface area contributed by atoms with E-state index in [1.54, 1.807) is 41.0 Å². The number of pyridine rings is 2. The summed E-state index contributed by atoms with van der Waals surface area (Å²) in [6.07, 6.45) is -1.13. The minimum absolute atomic E-state index is 0.0276. The number of hydrogen-bond donors (Lipinski definition) is 3. The number of nitrogen functional groups attached to an aromatic ring is 1. The molecule has 0 aliphatic carbocycles. The first kappa shape index (κ1) is 28.9. The number of nitrogens with one attached hydrogen (secondary N) is 2. The van der Waals surface area contributed by atoms with Gasteiger partial charge in [0.1, 0.15) is 11.5 Å². The maximum absolute atomic E-state index is 14.1. The first-order valence-electron chi connectivity index (χ1n) is 12.2. The van der Waals surface area contributed by atoms with Crippen LogP contribution in [-0.2, 0) is 22.6 Å². The number of benzene rings is 2. The molecule has 0 saturated carbocycles. The van der Waals surface area contributed by atoms with Crippen molar-refractivity contribution in [3.63, 3.8) is 0 Å². The number of sulfone groups is 1. The number of hydrogen-bond acceptors (Lipinski definition) is 6. The van der Waals surface area contributed by atoms with Gasteiger partial charge in [-0.3, -0.25) is 9.59 Å². The summed E-state index contributed by atoms with van der Waals surface area (Å²) in [4.78, 5) is 33.1. The van der Waals surface area contributed by atoms with Crippen LogP contribution in [0.25, 0.3) is 22.0 Å². The largest absolute Gasteiger partial charge is 0.416 e. The lowest BCUT2D eigenvalue weighted by molar-refractivity contribution is -0.137. The number of alkyl halides is 3. The monoisotopic (exact) mass is 615 g/mol. The minimum Gasteiger partial charge on any atom is -0.384 e. The summed E-state index contributed by atoms with van der Waals surface area (Å²) in [5, 5.41) is 3.07. The Morgan fingerprint density at radius 3 is 2.55 bits per heavy atom. The maximum atomic E-state index is 14.1. The first-order valence-corrected chi connectivity index (χ1v) is 14.4. The highest BCUT2D eigenvalue weighted by Crippen LogP contribution is 2.38. The summed E-state index contributed by atoms with van der Waals surface area (Å²) in [5.41, 5.74) is 4.74. The number of rotatable bonds is 6. The topological polar surface area (TPSA) is 140 Å². The zero-order valence-electron chi connectivity index (χ0n) is 21.7. The van der Waals surface area contributed by atoms with Crippen LogP contribution < -0.4 is 16.6 Å². The molecule has 4 N–H and O–H groups in total. The number of nitrogens with zero attached hydrogens (tertiary/aromatic N) is 2. The Balaban J connectivity index is 1.80. The van der Waals surface area contributed by atoms with Crippen LogP contribution in [0.1, 0.15) is 21.6 Å². The molecule has 0 aliphatic heterocycles. The van der Waals surface area contributed by atoms with E-state index in [1.807, 2.05) is 0 Å². The summed E-state index contributed by atoms with van der Waals surface area (Å²) in [6.45, 7) is 0.0276. The highest BCUT2D eigenvalue weighted by molar-refractivity contribution is 7.90. The van der Waals surface area contributed by atoms with Crippen molar-refractivity contribution in [3.05, 3.63) is 105 Å². The van der Waals surface area contributed by atoms with E-state index < -0.39 is 43.6 Å². The summed E-state index contributed by atoms with van der Waals surface area (Å²) < 4.78 is 67.2. The zero-order valence-corrected chi connectivity index (χ0v) is 23.2. The van der Waals surface area contributed by atoms with Gasteiger partial charge in [-0.1, -0.05) is 11.6 Å². The molecule has 0 aliphatic rings. The number of H-pyrrole nitrogens is 1. The zero-order chi connectivity index (χ0) is 30.4. The lowest BCUT2D eigenvalue weighted by Gasteiger charge is -2.16. The Kier molecular flexibility index (Phi) is 7.33. The average molecular weight is 616 g/mol. The summed E-state index contributed by atoms with van der Waals surface area (Å²) in [7, 11) is -4.07. The van der Waals surface area contributed by atoms with Crippen molar-refractivity contribution in [2.45, 2.75) is 17.6 Å². The van der Waals surface area contributed by atoms with Crippen molar-refractivity contribution in [2.75, 3.05) is 17.3 Å². The molecule has 0 atom stereocenters. The van der Waals surface area contributed by atoms with E-state index in [2.05, 4.69) is 15.3 Å². The highest BCUT2D eigenvalue weighted by Gasteiger charge is 2.33. The van der Waals surface area contributed by atoms with Gasteiger partial charge in [0.15, 0.2) is 9.84 Å². The Hall–Kier alpha value is -4.62. The van der Waals surface area contributed by atoms with Crippen molar-refractivity contribution in [2.24, 2.45) is 0 Å². The molecule has 216 valence electrons. The van der Waals surface area contributed by atoms with Crippen LogP contribution in [0.4, 0.5) is 24.7 Å². The fraction of sp³-hybridized carbons (Fsp3) is 0.107. The number of carbonyl (C=O) groups is 1. The third-order valence-electron chi connectivity index (χ3n) is 6.47. The predicted octanol–water partition coefficient (Wildman–Crippen LogP) is 5.35. The molecule has 0 fully saturated rings. The SMILES string of the molecule is CS(=O)(=O)c1ccc(C(F)(F)F)cc1NC(=O)c1c(-c2ccc[nH]c2=O)c2cc(Cl)ccc2n1Cc1ccnc(N)c1. The molecule has 9 nitrogen and oxygen atoms in total. The molecule has 2 aromatic carbocycles. The van der Waals surface area contributed by atoms with Gasteiger partial charge in [0.2, 0.25) is 0 Å². The van der Waals surface area contributed by atoms with Gasteiger partial charge in [0.25, 0.3) is 11.5 Å². The number of halogens is 4. The minimum atomic E-state index is -4.81. The lowest BCUT2D eigenvalue weighted by atomic mass is 10.0. The van der Waals surface area contributed by atoms with E-state index in [0.717, 1.165) is 12.3 Å². The van der Waals surface area contributed by atoms with Crippen LogP contribution in [0, 0.1) is 0 Å². The van der Waals surface area contributed by atoms with Gasteiger partial charge in [0, 0.05) is 52.2 Å². The number of aromatic nitrogens is 3. The standard InChI is InChI=1S/C28H21ClF3N5O4S/c1-42(40,41)22-7-4-16(28(30,31)32)12-20(22)36-27(39)25-24(18-3-2-9-35-26(18)38)19-13-17(29)5-6-21(19)37(25)14-15-8-10-34-23(33)11-15/h2-13H,14H2,1H3,(H2,33,34)(H,35,38)(H,36,39). The van der Waals surface area contributed by atoms with Gasteiger partial charge < -0.3 is 20.6 Å². The number of carbonyl (C=O) groups excluding carboxylic acids is 1. The van der Waals surface area contributed by atoms with Crippen molar-refractivity contribution < 1.29 is 26.4 Å². The van der Waals surface area contributed by atoms with Crippen LogP contribution in [0.15, 0.2) is 82.7 Å². The Morgan fingerprint density at radius 2 is 1.88 bits per heavy atom. The molecule has 5 rings (SSSR count). The second kappa shape index (κ2) is 10.7. The van der Waals surface area contributed by atoms with Crippen LogP contribution in [0.3, 0.4) is 0 Å². The lowest BCUT2D eigenvalue weighted by Crippen LogP contribution is -2.21. The third kappa shape index (κ3) is 5.60. The Morgan fingerprint density at radius 1 is 1.12 bits per heavy atom. The molecule has 0 saturated heterocycles. The molecule has 5 aromatic rings. The molecule has 3 aromatic heterocycles. The van der Waals surface area contributed by atoms with Gasteiger partial charge >= 0.3 is 6.18 Å². The first-order chi connectivity index (χ1) is 19.7. The molecule has 3 heterocycles. The number of fused-ring (bicyclic) bond motifs is 1. The molecule has 42 heavy (non-hydrogen) atoms. The molecule has 0 spiro atoms. The van der Waals surface area contributed by atoms with E-state index in [0.29, 0.717) is 33.6 Å². The number of nitrogens with two attached hydrogens (primary N) is 1. The molecule has 1 amide bonds. The molecule has 0 radical (unpaired) electrons. The van der Waals surface area contributed by atoms with Crippen molar-refractivity contribution in [1.82, 2.24) is 14.5 Å². The summed E-state index contributed by atoms with van der Waals surface area (Å²) in [6, 6.07) is 13.0. The van der Waals surface area contributed by atoms with E-state index >= 15 is 0 Å². The quantitative estimate of drug-likeness (QED) is 0.235. The second-order valence-corrected chi connectivity index (χ2v) is 11.8. The Labute approximate surface area is 241 Å². The molecular weight excluding hydrogens is 595 g/mol. The molecule has 0 unspecified atom stereocenters. The van der Waals surface area contributed by atoms with E-state index in [-0.39, 0.29) is 29.2 Å². The van der Waals surface area contributed by atoms with Gasteiger partial charge in [-0.25, -0.2) is 13.4 Å². The number of anilines is 2. The van der Waals surface area contributed by atoms with Crippen LogP contribution in [-0.4, -0.2) is 35.1 Å². The van der Waals surface area contributed by atoms with Crippen LogP contribution in [0.2, 0.25) is 5.02 Å². The van der Waals surface area contributed by atoms with Crippen LogP contribution >= 0.6 is 11.6 Å². The van der Waals surface area contributed by atoms with Gasteiger partial charge in [-0.2, -0.15) is 13.2 Å². The van der Waals surface area contributed by atoms with Crippen LogP contribution in [0.5, 0.6) is 0 Å². The van der Waals surface area contributed by atoms with E-state index in [9.17, 15) is 31.2 Å². The summed E-state index contributed by atoms with van der Waals surface area (Å²) >= 11 is 6.31. The van der Waals surface area contributed by atoms with Crippen molar-refractivity contribution in [3.8, 4) is 11.1 Å². The van der Waals surface area contributed by atoms with Gasteiger partial charge in [-0.15, -0.1) is 0 Å². The van der Waals surface area contributed by atoms with Gasteiger partial charge in [-0.05, 0) is 66.2 Å². The average Bonchev–Trinajstić information content (AvgIpc) is 3.20. The second-order valence-electron chi connectivity index (χ2n) is 9.41. The Bertz CT molecular complexity index is 2040. The summed E-state index contributed by atoms with van der Waals surface area (Å²) in [5.74, 6) is -0.758. The molecule has 0 bridgehead atoms. The maximum Gasteiger partial charge on any atom is 0.416 e. The number of aromatic amines is 1. The normalized spacial score (nSPS) is 12.0. The highest BCUT2D eigenvalue weighted by atomic mass is 35.5. The fourth-order valence-corrected chi connectivity index (χ4v) is 5.70. The fourth-order valence-electron chi connectivity index (χ4n) is 4.70. The smallest absolute Gasteiger partial charge is 0.384 e. The predicted molar refractivity (Wildman–Crippen MR) is 153 cm³/mol. The molecule has 14 heteroatoms. The van der Waals surface area contributed by atoms with E-state index in [1.165, 1.54) is 18.5 Å². The van der Waals surface area contributed by atoms with Crippen molar-refractivity contribution >= 4 is 49.8 Å². The number of amides is 1. The van der Waals surface area contributed by atoms with E-state index in [4.69, 9.17) is 17.3 Å².